The lowest BCUT2D eigenvalue weighted by Gasteiger charge is -2.20. The number of hydrogen-bond acceptors (Lipinski definition) is 4. The summed E-state index contributed by atoms with van der Waals surface area (Å²) in [4.78, 5) is 24.5. The van der Waals surface area contributed by atoms with Gasteiger partial charge in [0.2, 0.25) is 5.91 Å². The van der Waals surface area contributed by atoms with Gasteiger partial charge in [-0.05, 0) is 54.3 Å². The average molecular weight is 369 g/mol. The smallest absolute Gasteiger partial charge is 0.224 e. The van der Waals surface area contributed by atoms with Gasteiger partial charge in [-0.15, -0.1) is 0 Å². The van der Waals surface area contributed by atoms with Crippen molar-refractivity contribution in [2.75, 3.05) is 11.9 Å². The van der Waals surface area contributed by atoms with Crippen molar-refractivity contribution < 1.29 is 19.4 Å². The normalized spacial score (nSPS) is 11.1. The molecule has 2 aromatic rings. The zero-order valence-electron chi connectivity index (χ0n) is 16.3. The maximum atomic E-state index is 12.3. The Morgan fingerprint density at radius 2 is 1.70 bits per heavy atom. The van der Waals surface area contributed by atoms with Crippen LogP contribution in [-0.2, 0) is 10.2 Å². The van der Waals surface area contributed by atoms with Gasteiger partial charge in [0.05, 0.1) is 12.3 Å². The molecule has 0 aliphatic carbocycles. The lowest BCUT2D eigenvalue weighted by molar-refractivity contribution is -0.116. The lowest BCUT2D eigenvalue weighted by atomic mass is 9.87. The molecule has 0 fully saturated rings. The van der Waals surface area contributed by atoms with Crippen LogP contribution in [0.15, 0.2) is 42.5 Å². The minimum Gasteiger partial charge on any atom is -0.506 e. The second-order valence-corrected chi connectivity index (χ2v) is 7.41. The molecule has 0 aliphatic rings. The summed E-state index contributed by atoms with van der Waals surface area (Å²) in [5.41, 5.74) is 1.81. The molecule has 0 radical (unpaired) electrons. The molecule has 1 amide bonds. The van der Waals surface area contributed by atoms with Gasteiger partial charge in [-0.25, -0.2) is 0 Å². The molecule has 0 heterocycles. The van der Waals surface area contributed by atoms with E-state index >= 15 is 0 Å². The molecule has 2 rings (SSSR count). The number of ether oxygens (including phenoxy) is 1. The summed E-state index contributed by atoms with van der Waals surface area (Å²) in [6, 6.07) is 12.1. The Hall–Kier alpha value is -2.82. The van der Waals surface area contributed by atoms with Crippen molar-refractivity contribution in [3.8, 4) is 11.5 Å². The van der Waals surface area contributed by atoms with E-state index in [9.17, 15) is 14.7 Å². The summed E-state index contributed by atoms with van der Waals surface area (Å²) in [6.45, 7) is 8.63. The van der Waals surface area contributed by atoms with Gasteiger partial charge in [0.25, 0.3) is 0 Å². The number of rotatable bonds is 7. The first-order chi connectivity index (χ1) is 12.7. The van der Waals surface area contributed by atoms with Crippen molar-refractivity contribution in [1.29, 1.82) is 0 Å². The van der Waals surface area contributed by atoms with E-state index in [2.05, 4.69) is 26.1 Å². The average Bonchev–Trinajstić information content (AvgIpc) is 2.61. The van der Waals surface area contributed by atoms with Crippen LogP contribution >= 0.6 is 0 Å². The van der Waals surface area contributed by atoms with Crippen molar-refractivity contribution in [1.82, 2.24) is 0 Å². The predicted molar refractivity (Wildman–Crippen MR) is 107 cm³/mol. The van der Waals surface area contributed by atoms with Crippen LogP contribution in [0.5, 0.6) is 11.5 Å². The molecule has 2 N–H and O–H groups in total. The van der Waals surface area contributed by atoms with Gasteiger partial charge in [0.15, 0.2) is 5.78 Å². The van der Waals surface area contributed by atoms with E-state index in [1.165, 1.54) is 0 Å². The summed E-state index contributed by atoms with van der Waals surface area (Å²) < 4.78 is 5.35. The van der Waals surface area contributed by atoms with E-state index in [4.69, 9.17) is 4.74 Å². The number of phenolic OH excluding ortho intramolecular Hbond substituents is 1. The van der Waals surface area contributed by atoms with Crippen LogP contribution in [0.2, 0.25) is 0 Å². The number of anilines is 1. The number of amides is 1. The SMILES string of the molecule is CCOc1ccc(C(=O)CCC(=O)Nc2cc(C(C)(C)C)ccc2O)cc1. The fraction of sp³-hybridized carbons (Fsp3) is 0.364. The Kier molecular flexibility index (Phi) is 6.61. The first kappa shape index (κ1) is 20.5. The number of nitrogens with one attached hydrogen (secondary N) is 1. The van der Waals surface area contributed by atoms with Crippen LogP contribution in [0.3, 0.4) is 0 Å². The molecule has 27 heavy (non-hydrogen) atoms. The molecule has 0 saturated heterocycles. The van der Waals surface area contributed by atoms with Gasteiger partial charge >= 0.3 is 0 Å². The van der Waals surface area contributed by atoms with Crippen LogP contribution in [0.25, 0.3) is 0 Å². The minimum atomic E-state index is -0.310. The third-order valence-corrected chi connectivity index (χ3v) is 4.20. The first-order valence-corrected chi connectivity index (χ1v) is 9.10. The van der Waals surface area contributed by atoms with E-state index in [0.717, 1.165) is 5.56 Å². The first-order valence-electron chi connectivity index (χ1n) is 9.10. The summed E-state index contributed by atoms with van der Waals surface area (Å²) in [7, 11) is 0. The summed E-state index contributed by atoms with van der Waals surface area (Å²) >= 11 is 0. The fourth-order valence-corrected chi connectivity index (χ4v) is 2.59. The molecule has 0 spiro atoms. The van der Waals surface area contributed by atoms with Crippen molar-refractivity contribution >= 4 is 17.4 Å². The number of Topliss-reactive ketones (excluding diaryl/α,β-unsaturated/α-hetero) is 1. The van der Waals surface area contributed by atoms with E-state index in [0.29, 0.717) is 23.6 Å². The summed E-state index contributed by atoms with van der Waals surface area (Å²) in [5.74, 6) is 0.298. The maximum absolute atomic E-state index is 12.3. The molecule has 0 bridgehead atoms. The monoisotopic (exact) mass is 369 g/mol. The fourth-order valence-electron chi connectivity index (χ4n) is 2.59. The van der Waals surface area contributed by atoms with Gasteiger partial charge in [-0.3, -0.25) is 9.59 Å². The van der Waals surface area contributed by atoms with Gasteiger partial charge < -0.3 is 15.2 Å². The van der Waals surface area contributed by atoms with Gasteiger partial charge in [-0.1, -0.05) is 26.8 Å². The molecule has 5 nitrogen and oxygen atoms in total. The Morgan fingerprint density at radius 1 is 1.04 bits per heavy atom. The number of aromatic hydroxyl groups is 1. The largest absolute Gasteiger partial charge is 0.506 e. The third kappa shape index (κ3) is 5.84. The predicted octanol–water partition coefficient (Wildman–Crippen LogP) is 4.69. The van der Waals surface area contributed by atoms with Crippen LogP contribution in [0.4, 0.5) is 5.69 Å². The second kappa shape index (κ2) is 8.71. The molecule has 0 atom stereocenters. The molecule has 0 saturated carbocycles. The van der Waals surface area contributed by atoms with E-state index in [1.807, 2.05) is 13.0 Å². The van der Waals surface area contributed by atoms with Crippen LogP contribution < -0.4 is 10.1 Å². The number of phenols is 1. The van der Waals surface area contributed by atoms with Crippen LogP contribution in [-0.4, -0.2) is 23.4 Å². The molecule has 5 heteroatoms. The Balaban J connectivity index is 1.95. The van der Waals surface area contributed by atoms with E-state index < -0.39 is 0 Å². The second-order valence-electron chi connectivity index (χ2n) is 7.41. The van der Waals surface area contributed by atoms with Crippen molar-refractivity contribution in [2.45, 2.75) is 46.0 Å². The molecular formula is C22H27NO4. The van der Waals surface area contributed by atoms with Crippen molar-refractivity contribution in [3.05, 3.63) is 53.6 Å². The molecule has 0 aliphatic heterocycles. The highest BCUT2D eigenvalue weighted by Crippen LogP contribution is 2.30. The summed E-state index contributed by atoms with van der Waals surface area (Å²) in [5, 5.41) is 12.7. The zero-order chi connectivity index (χ0) is 20.0. The number of ketones is 1. The quantitative estimate of drug-likeness (QED) is 0.548. The van der Waals surface area contributed by atoms with Crippen molar-refractivity contribution in [2.24, 2.45) is 0 Å². The standard InChI is InChI=1S/C22H27NO4/c1-5-27-17-9-6-15(7-10-17)19(24)12-13-21(26)23-18-14-16(22(2,3)4)8-11-20(18)25/h6-11,14,25H,5,12-13H2,1-4H3,(H,23,26). The number of benzene rings is 2. The Morgan fingerprint density at radius 3 is 2.30 bits per heavy atom. The maximum Gasteiger partial charge on any atom is 0.224 e. The van der Waals surface area contributed by atoms with Gasteiger partial charge in [-0.2, -0.15) is 0 Å². The lowest BCUT2D eigenvalue weighted by Crippen LogP contribution is -2.15. The zero-order valence-corrected chi connectivity index (χ0v) is 16.3. The minimum absolute atomic E-state index is 0.00851. The number of carbonyl (C=O) groups excluding carboxylic acids is 2. The van der Waals surface area contributed by atoms with Gasteiger partial charge in [0.1, 0.15) is 11.5 Å². The van der Waals surface area contributed by atoms with Crippen LogP contribution in [0.1, 0.15) is 56.5 Å². The Labute approximate surface area is 160 Å². The van der Waals surface area contributed by atoms with E-state index in [-0.39, 0.29) is 35.7 Å². The highest BCUT2D eigenvalue weighted by Gasteiger charge is 2.17. The highest BCUT2D eigenvalue weighted by atomic mass is 16.5. The van der Waals surface area contributed by atoms with Crippen molar-refractivity contribution in [3.63, 3.8) is 0 Å². The Bertz CT molecular complexity index is 804. The highest BCUT2D eigenvalue weighted by molar-refractivity contribution is 6.00. The molecule has 0 unspecified atom stereocenters. The molecule has 0 aromatic heterocycles. The summed E-state index contributed by atoms with van der Waals surface area (Å²) in [6.07, 6.45) is 0.144. The number of carbonyl (C=O) groups is 2. The topological polar surface area (TPSA) is 75.6 Å². The third-order valence-electron chi connectivity index (χ3n) is 4.20. The molecule has 2 aromatic carbocycles. The van der Waals surface area contributed by atoms with E-state index in [1.54, 1.807) is 36.4 Å². The van der Waals surface area contributed by atoms with Gasteiger partial charge in [0, 0.05) is 18.4 Å². The molecular weight excluding hydrogens is 342 g/mol. The number of hydrogen-bond donors (Lipinski definition) is 2. The van der Waals surface area contributed by atoms with Crippen LogP contribution in [0, 0.1) is 0 Å². The molecule has 144 valence electrons.